The summed E-state index contributed by atoms with van der Waals surface area (Å²) in [4.78, 5) is 2.45. The highest BCUT2D eigenvalue weighted by atomic mass is 15.1. The van der Waals surface area contributed by atoms with Crippen LogP contribution in [0.4, 0.5) is 0 Å². The van der Waals surface area contributed by atoms with Crippen LogP contribution in [0.5, 0.6) is 0 Å². The molecule has 1 fully saturated rings. The summed E-state index contributed by atoms with van der Waals surface area (Å²) in [7, 11) is 2.23. The van der Waals surface area contributed by atoms with Crippen molar-refractivity contribution in [2.24, 2.45) is 11.3 Å². The van der Waals surface area contributed by atoms with Crippen LogP contribution in [0.1, 0.15) is 45.1 Å². The fourth-order valence-electron chi connectivity index (χ4n) is 3.30. The zero-order valence-electron chi connectivity index (χ0n) is 14.2. The molecule has 1 aliphatic heterocycles. The summed E-state index contributed by atoms with van der Waals surface area (Å²) < 4.78 is 0. The minimum Gasteiger partial charge on any atom is -0.316 e. The zero-order chi connectivity index (χ0) is 15.3. The Bertz CT molecular complexity index is 405. The third-order valence-corrected chi connectivity index (χ3v) is 5.14. The van der Waals surface area contributed by atoms with Crippen molar-refractivity contribution in [3.8, 4) is 0 Å². The first-order valence-electron chi connectivity index (χ1n) is 8.44. The number of nitrogens with one attached hydrogen (secondary N) is 1. The van der Waals surface area contributed by atoms with Crippen LogP contribution in [0.15, 0.2) is 30.3 Å². The van der Waals surface area contributed by atoms with Gasteiger partial charge >= 0.3 is 0 Å². The molecule has 1 saturated heterocycles. The highest BCUT2D eigenvalue weighted by molar-refractivity contribution is 5.20. The quantitative estimate of drug-likeness (QED) is 0.857. The van der Waals surface area contributed by atoms with E-state index >= 15 is 0 Å². The van der Waals surface area contributed by atoms with Crippen molar-refractivity contribution in [3.63, 3.8) is 0 Å². The Hall–Kier alpha value is -0.860. The first-order chi connectivity index (χ1) is 10.0. The van der Waals surface area contributed by atoms with Gasteiger partial charge in [0.05, 0.1) is 0 Å². The molecule has 1 N–H and O–H groups in total. The fraction of sp³-hybridized carbons (Fsp3) is 0.684. The van der Waals surface area contributed by atoms with Crippen LogP contribution in [-0.4, -0.2) is 38.1 Å². The second kappa shape index (κ2) is 7.42. The summed E-state index contributed by atoms with van der Waals surface area (Å²) in [6.07, 6.45) is 2.63. The second-order valence-corrected chi connectivity index (χ2v) is 7.51. The number of nitrogens with zero attached hydrogens (tertiary/aromatic N) is 1. The molecule has 1 aromatic carbocycles. The third-order valence-electron chi connectivity index (χ3n) is 5.14. The maximum absolute atomic E-state index is 3.77. The van der Waals surface area contributed by atoms with Gasteiger partial charge in [0.25, 0.3) is 0 Å². The Morgan fingerprint density at radius 2 is 1.76 bits per heavy atom. The highest BCUT2D eigenvalue weighted by Gasteiger charge is 2.28. The van der Waals surface area contributed by atoms with Gasteiger partial charge in [-0.15, -0.1) is 0 Å². The Kier molecular flexibility index (Phi) is 5.83. The SMILES string of the molecule is CC(C)C(CNCC1(C)CCN(C)CC1)c1ccccc1. The molecule has 0 saturated carbocycles. The van der Waals surface area contributed by atoms with Crippen molar-refractivity contribution >= 4 is 0 Å². The van der Waals surface area contributed by atoms with Crippen LogP contribution in [0, 0.1) is 11.3 Å². The second-order valence-electron chi connectivity index (χ2n) is 7.51. The average Bonchev–Trinajstić information content (AvgIpc) is 2.48. The fourth-order valence-corrected chi connectivity index (χ4v) is 3.30. The molecule has 2 heteroatoms. The van der Waals surface area contributed by atoms with Gasteiger partial charge in [0, 0.05) is 13.1 Å². The molecule has 1 heterocycles. The summed E-state index contributed by atoms with van der Waals surface area (Å²) in [5, 5.41) is 3.77. The molecular weight excluding hydrogens is 256 g/mol. The maximum Gasteiger partial charge on any atom is 0.00228 e. The van der Waals surface area contributed by atoms with Gasteiger partial charge in [-0.3, -0.25) is 0 Å². The molecular formula is C19H32N2. The minimum atomic E-state index is 0.477. The molecule has 1 aromatic rings. The van der Waals surface area contributed by atoms with Crippen LogP contribution in [-0.2, 0) is 0 Å². The van der Waals surface area contributed by atoms with E-state index in [0.717, 1.165) is 13.1 Å². The van der Waals surface area contributed by atoms with Crippen molar-refractivity contribution in [1.82, 2.24) is 10.2 Å². The Morgan fingerprint density at radius 3 is 2.33 bits per heavy atom. The van der Waals surface area contributed by atoms with E-state index in [-0.39, 0.29) is 0 Å². The topological polar surface area (TPSA) is 15.3 Å². The number of piperidine rings is 1. The summed E-state index contributed by atoms with van der Waals surface area (Å²) in [6, 6.07) is 11.0. The van der Waals surface area contributed by atoms with E-state index < -0.39 is 0 Å². The van der Waals surface area contributed by atoms with Crippen LogP contribution < -0.4 is 5.32 Å². The number of rotatable bonds is 6. The van der Waals surface area contributed by atoms with Crippen molar-refractivity contribution in [1.29, 1.82) is 0 Å². The molecule has 1 unspecified atom stereocenters. The summed E-state index contributed by atoms with van der Waals surface area (Å²) >= 11 is 0. The van der Waals surface area contributed by atoms with Crippen molar-refractivity contribution in [3.05, 3.63) is 35.9 Å². The molecule has 0 radical (unpaired) electrons. The van der Waals surface area contributed by atoms with E-state index in [4.69, 9.17) is 0 Å². The van der Waals surface area contributed by atoms with E-state index in [1.54, 1.807) is 0 Å². The van der Waals surface area contributed by atoms with Crippen LogP contribution in [0.25, 0.3) is 0 Å². The number of hydrogen-bond donors (Lipinski definition) is 1. The summed E-state index contributed by atoms with van der Waals surface area (Å²) in [5.41, 5.74) is 1.94. The van der Waals surface area contributed by atoms with Gasteiger partial charge in [0.1, 0.15) is 0 Å². The van der Waals surface area contributed by atoms with Gasteiger partial charge in [-0.05, 0) is 55.8 Å². The lowest BCUT2D eigenvalue weighted by molar-refractivity contribution is 0.136. The van der Waals surface area contributed by atoms with Crippen LogP contribution >= 0.6 is 0 Å². The lowest BCUT2D eigenvalue weighted by atomic mass is 9.80. The van der Waals surface area contributed by atoms with Gasteiger partial charge in [-0.2, -0.15) is 0 Å². The number of likely N-dealkylation sites (tertiary alicyclic amines) is 1. The predicted octanol–water partition coefficient (Wildman–Crippen LogP) is 3.75. The van der Waals surface area contributed by atoms with Crippen LogP contribution in [0.3, 0.4) is 0 Å². The first kappa shape index (κ1) is 16.5. The summed E-state index contributed by atoms with van der Waals surface area (Å²) in [5.74, 6) is 1.28. The van der Waals surface area contributed by atoms with Crippen molar-refractivity contribution in [2.45, 2.75) is 39.5 Å². The van der Waals surface area contributed by atoms with Gasteiger partial charge in [-0.25, -0.2) is 0 Å². The lowest BCUT2D eigenvalue weighted by Gasteiger charge is -2.38. The van der Waals surface area contributed by atoms with Crippen molar-refractivity contribution in [2.75, 3.05) is 33.2 Å². The predicted molar refractivity (Wildman–Crippen MR) is 91.7 cm³/mol. The normalized spacial score (nSPS) is 20.6. The van der Waals surface area contributed by atoms with Gasteiger partial charge in [0.15, 0.2) is 0 Å². The largest absolute Gasteiger partial charge is 0.316 e. The molecule has 1 atom stereocenters. The molecule has 2 rings (SSSR count). The minimum absolute atomic E-state index is 0.477. The Morgan fingerprint density at radius 1 is 1.14 bits per heavy atom. The van der Waals surface area contributed by atoms with E-state index in [1.165, 1.54) is 31.5 Å². The highest BCUT2D eigenvalue weighted by Crippen LogP contribution is 2.30. The van der Waals surface area contributed by atoms with E-state index in [1.807, 2.05) is 0 Å². The molecule has 118 valence electrons. The molecule has 0 spiro atoms. The molecule has 0 aliphatic carbocycles. The standard InChI is InChI=1S/C19H32N2/c1-16(2)18(17-8-6-5-7-9-17)14-20-15-19(3)10-12-21(4)13-11-19/h5-9,16,18,20H,10-15H2,1-4H3. The van der Waals surface area contributed by atoms with Gasteiger partial charge < -0.3 is 10.2 Å². The van der Waals surface area contributed by atoms with E-state index in [0.29, 0.717) is 17.3 Å². The van der Waals surface area contributed by atoms with E-state index in [9.17, 15) is 0 Å². The average molecular weight is 288 g/mol. The molecule has 1 aliphatic rings. The number of benzene rings is 1. The Labute approximate surface area is 130 Å². The van der Waals surface area contributed by atoms with Gasteiger partial charge in [0.2, 0.25) is 0 Å². The number of hydrogen-bond acceptors (Lipinski definition) is 2. The maximum atomic E-state index is 3.77. The lowest BCUT2D eigenvalue weighted by Crippen LogP contribution is -2.43. The molecule has 0 aromatic heterocycles. The van der Waals surface area contributed by atoms with Gasteiger partial charge in [-0.1, -0.05) is 51.1 Å². The molecule has 21 heavy (non-hydrogen) atoms. The summed E-state index contributed by atoms with van der Waals surface area (Å²) in [6.45, 7) is 11.8. The smallest absolute Gasteiger partial charge is 0.00228 e. The monoisotopic (exact) mass is 288 g/mol. The molecule has 0 bridgehead atoms. The third kappa shape index (κ3) is 4.82. The molecule has 2 nitrogen and oxygen atoms in total. The zero-order valence-corrected chi connectivity index (χ0v) is 14.2. The molecule has 0 amide bonds. The van der Waals surface area contributed by atoms with Crippen LogP contribution in [0.2, 0.25) is 0 Å². The van der Waals surface area contributed by atoms with E-state index in [2.05, 4.69) is 68.4 Å². The Balaban J connectivity index is 1.85. The van der Waals surface area contributed by atoms with Crippen molar-refractivity contribution < 1.29 is 0 Å². The first-order valence-corrected chi connectivity index (χ1v) is 8.44.